The first-order valence-electron chi connectivity index (χ1n) is 21.8. The van der Waals surface area contributed by atoms with Crippen molar-refractivity contribution in [1.29, 1.82) is 0 Å². The summed E-state index contributed by atoms with van der Waals surface area (Å²) in [6.45, 7) is 22.1. The number of likely N-dealkylation sites (N-methyl/N-ethyl adjacent to an activating group) is 1. The highest BCUT2D eigenvalue weighted by Gasteiger charge is 2.45. The molecule has 10 nitrogen and oxygen atoms in total. The van der Waals surface area contributed by atoms with Crippen LogP contribution in [0.4, 0.5) is 15.0 Å². The van der Waals surface area contributed by atoms with Crippen molar-refractivity contribution in [2.45, 2.75) is 128 Å². The number of carbonyl (C=O) groups is 1. The van der Waals surface area contributed by atoms with Gasteiger partial charge in [0, 0.05) is 48.1 Å². The van der Waals surface area contributed by atoms with Gasteiger partial charge in [-0.05, 0) is 112 Å². The lowest BCUT2D eigenvalue weighted by molar-refractivity contribution is 0.0122. The van der Waals surface area contributed by atoms with E-state index in [-0.39, 0.29) is 42.5 Å². The maximum atomic E-state index is 17.8. The van der Waals surface area contributed by atoms with Crippen LogP contribution in [0.1, 0.15) is 93.6 Å². The van der Waals surface area contributed by atoms with E-state index in [1.165, 1.54) is 0 Å². The lowest BCUT2D eigenvalue weighted by Crippen LogP contribution is -2.57. The summed E-state index contributed by atoms with van der Waals surface area (Å²) in [6.07, 6.45) is 3.53. The molecule has 0 N–H and O–H groups in total. The van der Waals surface area contributed by atoms with E-state index in [0.29, 0.717) is 64.4 Å². The molecule has 322 valence electrons. The Kier molecular flexibility index (Phi) is 12.7. The smallest absolute Gasteiger partial charge is 0.410 e. The third-order valence-corrected chi connectivity index (χ3v) is 19.4. The molecule has 3 atom stereocenters. The van der Waals surface area contributed by atoms with Gasteiger partial charge in [-0.2, -0.15) is 9.97 Å². The van der Waals surface area contributed by atoms with E-state index in [0.717, 1.165) is 48.6 Å². The fourth-order valence-electron chi connectivity index (χ4n) is 10.2. The fourth-order valence-corrected chi connectivity index (χ4v) is 15.4. The summed E-state index contributed by atoms with van der Waals surface area (Å²) in [4.78, 5) is 29.6. The summed E-state index contributed by atoms with van der Waals surface area (Å²) in [5.41, 5.74) is 6.76. The average Bonchev–Trinajstić information content (AvgIpc) is 3.72. The molecule has 2 unspecified atom stereocenters. The van der Waals surface area contributed by atoms with Gasteiger partial charge in [0.05, 0.1) is 12.1 Å². The Bertz CT molecular complexity index is 2250. The number of rotatable bonds is 11. The number of aromatic nitrogens is 2. The van der Waals surface area contributed by atoms with Crippen molar-refractivity contribution in [1.82, 2.24) is 19.8 Å². The van der Waals surface area contributed by atoms with Gasteiger partial charge in [0.1, 0.15) is 37.4 Å². The van der Waals surface area contributed by atoms with Gasteiger partial charge < -0.3 is 28.7 Å². The molecule has 0 aliphatic carbocycles. The molecule has 4 heterocycles. The zero-order valence-corrected chi connectivity index (χ0v) is 38.5. The predicted octanol–water partition coefficient (Wildman–Crippen LogP) is 10.2. The van der Waals surface area contributed by atoms with Crippen molar-refractivity contribution in [2.75, 3.05) is 52.1 Å². The van der Waals surface area contributed by atoms with E-state index >= 15 is 4.39 Å². The summed E-state index contributed by atoms with van der Waals surface area (Å²) in [5, 5.41) is 2.34. The number of amides is 1. The number of piperazine rings is 1. The molecule has 3 aromatic carbocycles. The highest BCUT2D eigenvalue weighted by Crippen LogP contribution is 2.43. The van der Waals surface area contributed by atoms with Crippen LogP contribution in [0.2, 0.25) is 16.6 Å². The third-order valence-electron chi connectivity index (χ3n) is 13.1. The van der Waals surface area contributed by atoms with Crippen molar-refractivity contribution in [3.8, 4) is 34.4 Å². The third kappa shape index (κ3) is 8.55. The standard InChI is InChI=1S/C48H64FN5O5Si/c1-30(2)60(31(3)4,32(5)6)23-21-33-14-12-15-34-24-38(58-29-56-11)25-41(42(33)34)39-19-20-40-44(43(39)49)50-46(57-28-37-16-13-22-52(37)10)51-45(40)53-26-35-17-18-36(27-53)54(35)47(55)59-48(7,8)9/h12,14-15,19-20,24-25,30-32,35-37H,13,16-18,22,26-29H2,1-11H3/t35?,36?,37-/m0/s1. The van der Waals surface area contributed by atoms with Gasteiger partial charge >= 0.3 is 12.1 Å². The Morgan fingerprint density at radius 3 is 2.25 bits per heavy atom. The maximum Gasteiger partial charge on any atom is 0.410 e. The molecular weight excluding hydrogens is 774 g/mol. The Morgan fingerprint density at radius 2 is 1.63 bits per heavy atom. The van der Waals surface area contributed by atoms with Crippen LogP contribution in [0, 0.1) is 17.3 Å². The Morgan fingerprint density at radius 1 is 0.933 bits per heavy atom. The van der Waals surface area contributed by atoms with Gasteiger partial charge in [-0.15, -0.1) is 5.54 Å². The van der Waals surface area contributed by atoms with Gasteiger partial charge in [-0.1, -0.05) is 65.7 Å². The molecule has 1 amide bonds. The minimum absolute atomic E-state index is 0.0482. The van der Waals surface area contributed by atoms with Crippen LogP contribution in [0.15, 0.2) is 42.5 Å². The molecule has 2 bridgehead atoms. The molecule has 3 aliphatic rings. The fraction of sp³-hybridized carbons (Fsp3) is 0.562. The van der Waals surface area contributed by atoms with Crippen molar-refractivity contribution in [3.05, 3.63) is 53.8 Å². The Balaban J connectivity index is 1.38. The monoisotopic (exact) mass is 837 g/mol. The molecule has 0 radical (unpaired) electrons. The highest BCUT2D eigenvalue weighted by atomic mass is 28.3. The highest BCUT2D eigenvalue weighted by molar-refractivity contribution is 6.90. The molecule has 4 aromatic rings. The minimum Gasteiger partial charge on any atom is -0.468 e. The Hall–Kier alpha value is -4.44. The predicted molar refractivity (Wildman–Crippen MR) is 241 cm³/mol. The molecule has 7 rings (SSSR count). The van der Waals surface area contributed by atoms with E-state index in [1.807, 2.05) is 68.1 Å². The number of hydrogen-bond acceptors (Lipinski definition) is 9. The van der Waals surface area contributed by atoms with Gasteiger partial charge in [0.25, 0.3) is 0 Å². The summed E-state index contributed by atoms with van der Waals surface area (Å²) >= 11 is 0. The molecule has 3 aliphatic heterocycles. The number of benzene rings is 3. The van der Waals surface area contributed by atoms with Crippen molar-refractivity contribution in [3.63, 3.8) is 0 Å². The van der Waals surface area contributed by atoms with Crippen LogP contribution in [0.3, 0.4) is 0 Å². The van der Waals surface area contributed by atoms with Crippen LogP contribution in [-0.2, 0) is 9.47 Å². The number of carbonyl (C=O) groups excluding carboxylic acids is 1. The number of hydrogen-bond donors (Lipinski definition) is 0. The second-order valence-electron chi connectivity index (χ2n) is 19.0. The molecule has 1 aromatic heterocycles. The maximum absolute atomic E-state index is 17.8. The van der Waals surface area contributed by atoms with Crippen molar-refractivity contribution in [2.24, 2.45) is 0 Å². The summed E-state index contributed by atoms with van der Waals surface area (Å²) in [7, 11) is 1.59. The Labute approximate surface area is 357 Å². The topological polar surface area (TPSA) is 89.5 Å². The average molecular weight is 838 g/mol. The van der Waals surface area contributed by atoms with Gasteiger partial charge in [-0.3, -0.25) is 4.90 Å². The first-order chi connectivity index (χ1) is 28.5. The van der Waals surface area contributed by atoms with Gasteiger partial charge in [0.15, 0.2) is 12.6 Å². The van der Waals surface area contributed by atoms with Crippen LogP contribution in [-0.4, -0.2) is 105 Å². The number of anilines is 1. The molecule has 3 saturated heterocycles. The first-order valence-corrected chi connectivity index (χ1v) is 24.1. The van der Waals surface area contributed by atoms with Crippen LogP contribution in [0.25, 0.3) is 32.8 Å². The molecule has 3 fully saturated rings. The lowest BCUT2D eigenvalue weighted by Gasteiger charge is -2.42. The SMILES string of the molecule is COCOc1cc(-c2ccc3c(N4CC5CCC(C4)N5C(=O)OC(C)(C)C)nc(OC[C@@H]4CCCN4C)nc3c2F)c2c(C#C[Si](C(C)C)(C(C)C)C(C)C)cccc2c1. The first kappa shape index (κ1) is 43.6. The quantitative estimate of drug-likeness (QED) is 0.0832. The molecule has 0 saturated carbocycles. The molecule has 0 spiro atoms. The van der Waals surface area contributed by atoms with E-state index in [9.17, 15) is 4.79 Å². The summed E-state index contributed by atoms with van der Waals surface area (Å²) in [6, 6.07) is 13.9. The zero-order valence-electron chi connectivity index (χ0n) is 37.5. The summed E-state index contributed by atoms with van der Waals surface area (Å²) in [5.74, 6) is 4.37. The van der Waals surface area contributed by atoms with E-state index in [4.69, 9.17) is 28.9 Å². The number of halogens is 1. The normalized spacial score (nSPS) is 19.8. The summed E-state index contributed by atoms with van der Waals surface area (Å²) < 4.78 is 41.3. The lowest BCUT2D eigenvalue weighted by atomic mass is 9.93. The van der Waals surface area contributed by atoms with Gasteiger partial charge in [-0.25, -0.2) is 9.18 Å². The largest absolute Gasteiger partial charge is 0.468 e. The second kappa shape index (κ2) is 17.5. The van der Waals surface area contributed by atoms with E-state index < -0.39 is 19.5 Å². The van der Waals surface area contributed by atoms with Crippen LogP contribution >= 0.6 is 0 Å². The van der Waals surface area contributed by atoms with Crippen LogP contribution in [0.5, 0.6) is 11.8 Å². The van der Waals surface area contributed by atoms with Crippen LogP contribution < -0.4 is 14.4 Å². The number of methoxy groups -OCH3 is 1. The second-order valence-corrected chi connectivity index (χ2v) is 24.6. The number of likely N-dealkylation sites (tertiary alicyclic amines) is 1. The van der Waals surface area contributed by atoms with Crippen molar-refractivity contribution < 1.29 is 28.1 Å². The zero-order chi connectivity index (χ0) is 43.1. The molecular formula is C48H64FN5O5Si. The van der Waals surface area contributed by atoms with Gasteiger partial charge in [0.2, 0.25) is 0 Å². The van der Waals surface area contributed by atoms with E-state index in [1.54, 1.807) is 7.11 Å². The number of ether oxygens (including phenoxy) is 4. The molecule has 12 heteroatoms. The molecule has 60 heavy (non-hydrogen) atoms. The van der Waals surface area contributed by atoms with Crippen molar-refractivity contribution >= 4 is 41.7 Å². The number of nitrogens with zero attached hydrogens (tertiary/aromatic N) is 5. The number of fused-ring (bicyclic) bond motifs is 4. The van der Waals surface area contributed by atoms with E-state index in [2.05, 4.69) is 69.9 Å². The minimum atomic E-state index is -2.09.